The smallest absolute Gasteiger partial charge is 0.255 e. The minimum absolute atomic E-state index is 0.0672. The van der Waals surface area contributed by atoms with E-state index in [0.717, 1.165) is 5.69 Å². The van der Waals surface area contributed by atoms with Crippen molar-refractivity contribution in [2.75, 3.05) is 30.4 Å². The van der Waals surface area contributed by atoms with E-state index in [9.17, 15) is 4.79 Å². The molecule has 4 nitrogen and oxygen atoms in total. The summed E-state index contributed by atoms with van der Waals surface area (Å²) in [5.74, 6) is -0.184. The molecule has 0 aliphatic heterocycles. The van der Waals surface area contributed by atoms with Gasteiger partial charge in [-0.2, -0.15) is 0 Å². The van der Waals surface area contributed by atoms with E-state index in [0.29, 0.717) is 22.8 Å². The molecule has 0 aromatic heterocycles. The Kier molecular flexibility index (Phi) is 5.20. The number of aliphatic hydroxyl groups excluding tert-OH is 1. The molecule has 2 aromatic rings. The third kappa shape index (κ3) is 4.21. The Balaban J connectivity index is 2.12. The zero-order valence-corrected chi connectivity index (χ0v) is 12.5. The normalized spacial score (nSPS) is 10.2. The van der Waals surface area contributed by atoms with Crippen LogP contribution in [0.5, 0.6) is 0 Å². The third-order valence-corrected chi connectivity index (χ3v) is 3.34. The quantitative estimate of drug-likeness (QED) is 0.893. The highest BCUT2D eigenvalue weighted by molar-refractivity contribution is 6.30. The van der Waals surface area contributed by atoms with Crippen molar-refractivity contribution in [3.63, 3.8) is 0 Å². The van der Waals surface area contributed by atoms with Gasteiger partial charge in [-0.15, -0.1) is 0 Å². The van der Waals surface area contributed by atoms with Gasteiger partial charge in [0, 0.05) is 35.6 Å². The molecule has 0 unspecified atom stereocenters. The fourth-order valence-electron chi connectivity index (χ4n) is 1.90. The van der Waals surface area contributed by atoms with Gasteiger partial charge in [-0.3, -0.25) is 4.79 Å². The lowest BCUT2D eigenvalue weighted by Crippen LogP contribution is -2.21. The Morgan fingerprint density at radius 2 is 1.95 bits per heavy atom. The molecule has 0 saturated carbocycles. The van der Waals surface area contributed by atoms with E-state index in [1.54, 1.807) is 36.4 Å². The highest BCUT2D eigenvalue weighted by atomic mass is 35.5. The summed E-state index contributed by atoms with van der Waals surface area (Å²) in [7, 11) is 1.87. The number of anilines is 2. The van der Waals surface area contributed by atoms with E-state index in [-0.39, 0.29) is 12.5 Å². The third-order valence-electron chi connectivity index (χ3n) is 3.09. The Morgan fingerprint density at radius 3 is 2.62 bits per heavy atom. The van der Waals surface area contributed by atoms with Crippen LogP contribution in [0, 0.1) is 0 Å². The minimum Gasteiger partial charge on any atom is -0.395 e. The second-order valence-corrected chi connectivity index (χ2v) is 5.09. The van der Waals surface area contributed by atoms with Gasteiger partial charge in [-0.05, 0) is 42.5 Å². The maximum Gasteiger partial charge on any atom is 0.255 e. The average molecular weight is 305 g/mol. The van der Waals surface area contributed by atoms with Gasteiger partial charge < -0.3 is 15.3 Å². The number of hydrogen-bond acceptors (Lipinski definition) is 3. The van der Waals surface area contributed by atoms with E-state index in [4.69, 9.17) is 16.7 Å². The molecule has 0 atom stereocenters. The molecule has 0 aliphatic rings. The fourth-order valence-corrected chi connectivity index (χ4v) is 2.03. The standard InChI is InChI=1S/C16H17ClN2O2/c1-19(9-10-20)15-4-2-3-12(11-15)16(21)18-14-7-5-13(17)6-8-14/h2-8,11,20H,9-10H2,1H3,(H,18,21). The summed E-state index contributed by atoms with van der Waals surface area (Å²) in [4.78, 5) is 14.1. The van der Waals surface area contributed by atoms with E-state index in [1.807, 2.05) is 24.1 Å². The summed E-state index contributed by atoms with van der Waals surface area (Å²) >= 11 is 5.81. The van der Waals surface area contributed by atoms with Crippen LogP contribution < -0.4 is 10.2 Å². The molecule has 0 saturated heterocycles. The van der Waals surface area contributed by atoms with Gasteiger partial charge in [0.1, 0.15) is 0 Å². The number of benzene rings is 2. The Labute approximate surface area is 129 Å². The SMILES string of the molecule is CN(CCO)c1cccc(C(=O)Nc2ccc(Cl)cc2)c1. The minimum atomic E-state index is -0.184. The van der Waals surface area contributed by atoms with Gasteiger partial charge in [0.15, 0.2) is 0 Å². The Bertz CT molecular complexity index is 614. The largest absolute Gasteiger partial charge is 0.395 e. The molecule has 0 fully saturated rings. The van der Waals surface area contributed by atoms with E-state index in [2.05, 4.69) is 5.32 Å². The molecule has 0 aliphatic carbocycles. The van der Waals surface area contributed by atoms with Crippen LogP contribution in [0.15, 0.2) is 48.5 Å². The van der Waals surface area contributed by atoms with E-state index in [1.165, 1.54) is 0 Å². The molecule has 2 N–H and O–H groups in total. The molecular formula is C16H17ClN2O2. The van der Waals surface area contributed by atoms with Crippen molar-refractivity contribution in [3.8, 4) is 0 Å². The van der Waals surface area contributed by atoms with Gasteiger partial charge in [-0.25, -0.2) is 0 Å². The number of halogens is 1. The number of aliphatic hydroxyl groups is 1. The highest BCUT2D eigenvalue weighted by Crippen LogP contribution is 2.17. The number of nitrogens with one attached hydrogen (secondary N) is 1. The first-order valence-corrected chi connectivity index (χ1v) is 6.97. The first-order valence-electron chi connectivity index (χ1n) is 6.59. The molecule has 0 radical (unpaired) electrons. The van der Waals surface area contributed by atoms with Crippen molar-refractivity contribution in [1.29, 1.82) is 0 Å². The second kappa shape index (κ2) is 7.11. The maximum absolute atomic E-state index is 12.2. The van der Waals surface area contributed by atoms with Crippen LogP contribution >= 0.6 is 11.6 Å². The average Bonchev–Trinajstić information content (AvgIpc) is 2.50. The molecule has 0 bridgehead atoms. The number of rotatable bonds is 5. The molecule has 0 heterocycles. The zero-order valence-electron chi connectivity index (χ0n) is 11.7. The lowest BCUT2D eigenvalue weighted by Gasteiger charge is -2.18. The number of carbonyl (C=O) groups is 1. The first-order chi connectivity index (χ1) is 10.1. The highest BCUT2D eigenvalue weighted by Gasteiger charge is 2.08. The molecule has 2 aromatic carbocycles. The molecule has 21 heavy (non-hydrogen) atoms. The van der Waals surface area contributed by atoms with E-state index < -0.39 is 0 Å². The molecular weight excluding hydrogens is 288 g/mol. The molecule has 110 valence electrons. The van der Waals surface area contributed by atoms with Crippen molar-refractivity contribution in [1.82, 2.24) is 0 Å². The van der Waals surface area contributed by atoms with Gasteiger partial charge in [0.25, 0.3) is 5.91 Å². The second-order valence-electron chi connectivity index (χ2n) is 4.66. The zero-order chi connectivity index (χ0) is 15.2. The van der Waals surface area contributed by atoms with Crippen LogP contribution in [0.25, 0.3) is 0 Å². The van der Waals surface area contributed by atoms with Crippen molar-refractivity contribution < 1.29 is 9.90 Å². The predicted octanol–water partition coefficient (Wildman–Crippen LogP) is 3.02. The summed E-state index contributed by atoms with van der Waals surface area (Å²) in [6.07, 6.45) is 0. The summed E-state index contributed by atoms with van der Waals surface area (Å²) in [6, 6.07) is 14.2. The van der Waals surface area contributed by atoms with Gasteiger partial charge >= 0.3 is 0 Å². The molecule has 5 heteroatoms. The van der Waals surface area contributed by atoms with Crippen LogP contribution in [0.3, 0.4) is 0 Å². The number of amides is 1. The first kappa shape index (κ1) is 15.4. The Morgan fingerprint density at radius 1 is 1.24 bits per heavy atom. The lowest BCUT2D eigenvalue weighted by molar-refractivity contribution is 0.102. The number of nitrogens with zero attached hydrogens (tertiary/aromatic N) is 1. The van der Waals surface area contributed by atoms with Gasteiger partial charge in [0.2, 0.25) is 0 Å². The van der Waals surface area contributed by atoms with Crippen molar-refractivity contribution >= 4 is 28.9 Å². The summed E-state index contributed by atoms with van der Waals surface area (Å²) in [6.45, 7) is 0.583. The van der Waals surface area contributed by atoms with Crippen molar-refractivity contribution in [2.45, 2.75) is 0 Å². The van der Waals surface area contributed by atoms with Crippen LogP contribution in [0.2, 0.25) is 5.02 Å². The van der Waals surface area contributed by atoms with E-state index >= 15 is 0 Å². The number of likely N-dealkylation sites (N-methyl/N-ethyl adjacent to an activating group) is 1. The fraction of sp³-hybridized carbons (Fsp3) is 0.188. The number of carbonyl (C=O) groups excluding carboxylic acids is 1. The molecule has 1 amide bonds. The summed E-state index contributed by atoms with van der Waals surface area (Å²) < 4.78 is 0. The van der Waals surface area contributed by atoms with Gasteiger partial charge in [-0.1, -0.05) is 17.7 Å². The van der Waals surface area contributed by atoms with Gasteiger partial charge in [0.05, 0.1) is 6.61 Å². The Hall–Kier alpha value is -2.04. The van der Waals surface area contributed by atoms with Crippen molar-refractivity contribution in [3.05, 3.63) is 59.1 Å². The number of hydrogen-bond donors (Lipinski definition) is 2. The monoisotopic (exact) mass is 304 g/mol. The molecule has 0 spiro atoms. The summed E-state index contributed by atoms with van der Waals surface area (Å²) in [5.41, 5.74) is 2.14. The van der Waals surface area contributed by atoms with Crippen molar-refractivity contribution in [2.24, 2.45) is 0 Å². The van der Waals surface area contributed by atoms with Crippen LogP contribution in [0.4, 0.5) is 11.4 Å². The molecule has 2 rings (SSSR count). The lowest BCUT2D eigenvalue weighted by atomic mass is 10.1. The maximum atomic E-state index is 12.2. The van der Waals surface area contributed by atoms with Crippen LogP contribution in [0.1, 0.15) is 10.4 Å². The predicted molar refractivity (Wildman–Crippen MR) is 86.2 cm³/mol. The topological polar surface area (TPSA) is 52.6 Å². The van der Waals surface area contributed by atoms with Crippen LogP contribution in [-0.2, 0) is 0 Å². The van der Waals surface area contributed by atoms with Crippen LogP contribution in [-0.4, -0.2) is 31.2 Å². The summed E-state index contributed by atoms with van der Waals surface area (Å²) in [5, 5.41) is 12.4.